The van der Waals surface area contributed by atoms with Gasteiger partial charge in [0.2, 0.25) is 0 Å². The molecule has 0 saturated heterocycles. The van der Waals surface area contributed by atoms with Gasteiger partial charge in [0.1, 0.15) is 5.75 Å². The van der Waals surface area contributed by atoms with Crippen molar-refractivity contribution in [1.82, 2.24) is 10.6 Å². The van der Waals surface area contributed by atoms with Crippen molar-refractivity contribution in [3.63, 3.8) is 0 Å². The zero-order valence-corrected chi connectivity index (χ0v) is 13.2. The van der Waals surface area contributed by atoms with Gasteiger partial charge in [0, 0.05) is 13.1 Å². The number of aliphatic hydroxyl groups excluding tert-OH is 1. The summed E-state index contributed by atoms with van der Waals surface area (Å²) in [5.41, 5.74) is 2.88. The summed E-state index contributed by atoms with van der Waals surface area (Å²) in [6.07, 6.45) is 0.755. The molecular formula is C18H22N2O3. The average molecular weight is 314 g/mol. The predicted molar refractivity (Wildman–Crippen MR) is 89.3 cm³/mol. The van der Waals surface area contributed by atoms with E-state index in [-0.39, 0.29) is 12.6 Å². The van der Waals surface area contributed by atoms with Gasteiger partial charge in [0.05, 0.1) is 13.7 Å². The van der Waals surface area contributed by atoms with Crippen LogP contribution in [0.3, 0.4) is 0 Å². The van der Waals surface area contributed by atoms with Gasteiger partial charge < -0.3 is 20.5 Å². The van der Waals surface area contributed by atoms with E-state index in [9.17, 15) is 9.90 Å². The summed E-state index contributed by atoms with van der Waals surface area (Å²) in [7, 11) is 1.63. The average Bonchev–Trinajstić information content (AvgIpc) is 2.60. The van der Waals surface area contributed by atoms with E-state index in [4.69, 9.17) is 4.74 Å². The minimum absolute atomic E-state index is 0.0308. The van der Waals surface area contributed by atoms with Crippen molar-refractivity contribution in [3.8, 4) is 5.75 Å². The SMILES string of the molecule is COc1ccc(CCNC(=O)NCc2ccccc2CO)cc1. The smallest absolute Gasteiger partial charge is 0.315 e. The number of carbonyl (C=O) groups excluding carboxylic acids is 1. The lowest BCUT2D eigenvalue weighted by atomic mass is 10.1. The topological polar surface area (TPSA) is 70.6 Å². The summed E-state index contributed by atoms with van der Waals surface area (Å²) < 4.78 is 5.11. The molecule has 0 heterocycles. The number of hydrogen-bond donors (Lipinski definition) is 3. The summed E-state index contributed by atoms with van der Waals surface area (Å²) in [5.74, 6) is 0.821. The molecule has 23 heavy (non-hydrogen) atoms. The molecular weight excluding hydrogens is 292 g/mol. The van der Waals surface area contributed by atoms with Crippen molar-refractivity contribution in [1.29, 1.82) is 0 Å². The maximum absolute atomic E-state index is 11.8. The van der Waals surface area contributed by atoms with E-state index in [1.54, 1.807) is 7.11 Å². The molecule has 0 atom stereocenters. The molecule has 0 spiro atoms. The second-order valence-corrected chi connectivity index (χ2v) is 5.13. The number of amides is 2. The summed E-state index contributed by atoms with van der Waals surface area (Å²) in [5, 5.41) is 14.9. The zero-order chi connectivity index (χ0) is 16.5. The number of carbonyl (C=O) groups is 1. The van der Waals surface area contributed by atoms with E-state index in [1.165, 1.54) is 0 Å². The molecule has 0 fully saturated rings. The molecule has 0 unspecified atom stereocenters. The molecule has 0 aliphatic carbocycles. The van der Waals surface area contributed by atoms with Crippen molar-refractivity contribution in [2.24, 2.45) is 0 Å². The van der Waals surface area contributed by atoms with Gasteiger partial charge in [-0.2, -0.15) is 0 Å². The largest absolute Gasteiger partial charge is 0.497 e. The fourth-order valence-electron chi connectivity index (χ4n) is 2.23. The van der Waals surface area contributed by atoms with Crippen molar-refractivity contribution >= 4 is 6.03 Å². The molecule has 0 aliphatic rings. The Bertz CT molecular complexity index is 626. The fraction of sp³-hybridized carbons (Fsp3) is 0.278. The third-order valence-corrected chi connectivity index (χ3v) is 3.59. The molecule has 0 aliphatic heterocycles. The highest BCUT2D eigenvalue weighted by molar-refractivity contribution is 5.73. The van der Waals surface area contributed by atoms with E-state index in [2.05, 4.69) is 10.6 Å². The van der Waals surface area contributed by atoms with E-state index in [1.807, 2.05) is 48.5 Å². The van der Waals surface area contributed by atoms with Crippen molar-refractivity contribution < 1.29 is 14.6 Å². The first-order valence-electron chi connectivity index (χ1n) is 7.55. The highest BCUT2D eigenvalue weighted by Gasteiger charge is 2.04. The Morgan fingerprint density at radius 1 is 1.04 bits per heavy atom. The zero-order valence-electron chi connectivity index (χ0n) is 13.2. The lowest BCUT2D eigenvalue weighted by Gasteiger charge is -2.10. The first-order valence-corrected chi connectivity index (χ1v) is 7.55. The van der Waals surface area contributed by atoms with Gasteiger partial charge in [-0.15, -0.1) is 0 Å². The van der Waals surface area contributed by atoms with Gasteiger partial charge in [-0.3, -0.25) is 0 Å². The molecule has 122 valence electrons. The Hall–Kier alpha value is -2.53. The van der Waals surface area contributed by atoms with E-state index in [0.29, 0.717) is 13.1 Å². The van der Waals surface area contributed by atoms with Crippen LogP contribution in [0.15, 0.2) is 48.5 Å². The van der Waals surface area contributed by atoms with Gasteiger partial charge in [-0.05, 0) is 35.2 Å². The van der Waals surface area contributed by atoms with Crippen molar-refractivity contribution in [2.45, 2.75) is 19.6 Å². The number of nitrogens with one attached hydrogen (secondary N) is 2. The molecule has 2 rings (SSSR count). The predicted octanol–water partition coefficient (Wildman–Crippen LogP) is 2.23. The van der Waals surface area contributed by atoms with Crippen LogP contribution in [0.2, 0.25) is 0 Å². The fourth-order valence-corrected chi connectivity index (χ4v) is 2.23. The molecule has 0 aromatic heterocycles. The van der Waals surface area contributed by atoms with Crippen LogP contribution >= 0.6 is 0 Å². The van der Waals surface area contributed by atoms with Crippen LogP contribution in [0.5, 0.6) is 5.75 Å². The van der Waals surface area contributed by atoms with Gasteiger partial charge in [0.15, 0.2) is 0 Å². The van der Waals surface area contributed by atoms with Crippen LogP contribution in [0, 0.1) is 0 Å². The molecule has 0 bridgehead atoms. The highest BCUT2D eigenvalue weighted by atomic mass is 16.5. The summed E-state index contributed by atoms with van der Waals surface area (Å²) in [6, 6.07) is 15.0. The summed E-state index contributed by atoms with van der Waals surface area (Å²) in [6.45, 7) is 0.919. The second-order valence-electron chi connectivity index (χ2n) is 5.13. The third-order valence-electron chi connectivity index (χ3n) is 3.59. The minimum atomic E-state index is -0.216. The van der Waals surface area contributed by atoms with Crippen LogP contribution in [0.25, 0.3) is 0 Å². The minimum Gasteiger partial charge on any atom is -0.497 e. The molecule has 0 radical (unpaired) electrons. The first kappa shape index (κ1) is 16.8. The number of urea groups is 1. The summed E-state index contributed by atoms with van der Waals surface area (Å²) in [4.78, 5) is 11.8. The lowest BCUT2D eigenvalue weighted by Crippen LogP contribution is -2.36. The van der Waals surface area contributed by atoms with Crippen LogP contribution in [-0.4, -0.2) is 24.8 Å². The molecule has 2 aromatic carbocycles. The van der Waals surface area contributed by atoms with Crippen LogP contribution < -0.4 is 15.4 Å². The maximum Gasteiger partial charge on any atom is 0.315 e. The van der Waals surface area contributed by atoms with Gasteiger partial charge >= 0.3 is 6.03 Å². The van der Waals surface area contributed by atoms with E-state index in [0.717, 1.165) is 28.9 Å². The van der Waals surface area contributed by atoms with Gasteiger partial charge in [-0.1, -0.05) is 36.4 Å². The Kier molecular flexibility index (Phi) is 6.44. The highest BCUT2D eigenvalue weighted by Crippen LogP contribution is 2.11. The molecule has 3 N–H and O–H groups in total. The Labute approximate surface area is 136 Å². The number of rotatable bonds is 7. The molecule has 5 nitrogen and oxygen atoms in total. The van der Waals surface area contributed by atoms with Gasteiger partial charge in [0.25, 0.3) is 0 Å². The first-order chi connectivity index (χ1) is 11.2. The maximum atomic E-state index is 11.8. The number of ether oxygens (including phenoxy) is 1. The van der Waals surface area contributed by atoms with Crippen LogP contribution in [0.4, 0.5) is 4.79 Å². The molecule has 2 amide bonds. The summed E-state index contributed by atoms with van der Waals surface area (Å²) >= 11 is 0. The molecule has 0 saturated carbocycles. The molecule has 5 heteroatoms. The van der Waals surface area contributed by atoms with Crippen molar-refractivity contribution in [3.05, 3.63) is 65.2 Å². The van der Waals surface area contributed by atoms with E-state index < -0.39 is 0 Å². The normalized spacial score (nSPS) is 10.2. The molecule has 2 aromatic rings. The van der Waals surface area contributed by atoms with E-state index >= 15 is 0 Å². The van der Waals surface area contributed by atoms with Gasteiger partial charge in [-0.25, -0.2) is 4.79 Å². The number of benzene rings is 2. The second kappa shape index (κ2) is 8.80. The lowest BCUT2D eigenvalue weighted by molar-refractivity contribution is 0.240. The Morgan fingerprint density at radius 3 is 2.39 bits per heavy atom. The standard InChI is InChI=1S/C18H22N2O3/c1-23-17-8-6-14(7-9-17)10-11-19-18(22)20-12-15-4-2-3-5-16(15)13-21/h2-9,21H,10-13H2,1H3,(H2,19,20,22). The monoisotopic (exact) mass is 314 g/mol. The Balaban J connectivity index is 1.72. The third kappa shape index (κ3) is 5.30. The van der Waals surface area contributed by atoms with Crippen molar-refractivity contribution in [2.75, 3.05) is 13.7 Å². The number of hydrogen-bond acceptors (Lipinski definition) is 3. The van der Waals surface area contributed by atoms with Crippen LogP contribution in [0.1, 0.15) is 16.7 Å². The Morgan fingerprint density at radius 2 is 1.74 bits per heavy atom. The number of methoxy groups -OCH3 is 1. The van der Waals surface area contributed by atoms with Crippen LogP contribution in [-0.2, 0) is 19.6 Å². The number of aliphatic hydroxyl groups is 1. The quantitative estimate of drug-likeness (QED) is 0.734.